The normalized spacial score (nSPS) is 23.8. The number of aromatic amines is 2. The van der Waals surface area contributed by atoms with Gasteiger partial charge in [0.1, 0.15) is 50.9 Å². The van der Waals surface area contributed by atoms with Crippen LogP contribution in [-0.4, -0.2) is 183 Å². The molecule has 3 amide bonds. The van der Waals surface area contributed by atoms with Crippen LogP contribution in [0.5, 0.6) is 0 Å². The fourth-order valence-corrected chi connectivity index (χ4v) is 15.2. The number of aliphatic hydroxyl groups excluding tert-OH is 1. The molecule has 6 N–H and O–H groups in total. The third-order valence-corrected chi connectivity index (χ3v) is 20.6. The lowest BCUT2D eigenvalue weighted by molar-refractivity contribution is 0.0617. The van der Waals surface area contributed by atoms with Gasteiger partial charge in [-0.15, -0.1) is 20.4 Å². The van der Waals surface area contributed by atoms with Crippen LogP contribution < -0.4 is 32.1 Å². The number of alkyl halides is 1. The zero-order chi connectivity index (χ0) is 72.1. The number of hydrazone groups is 1. The second-order valence-electron chi connectivity index (χ2n) is 26.3. The van der Waals surface area contributed by atoms with Gasteiger partial charge in [-0.1, -0.05) is 22.6 Å². The summed E-state index contributed by atoms with van der Waals surface area (Å²) in [5.74, 6) is -3.14. The van der Waals surface area contributed by atoms with E-state index in [4.69, 9.17) is 0 Å². The van der Waals surface area contributed by atoms with Crippen molar-refractivity contribution in [1.29, 1.82) is 0 Å². The summed E-state index contributed by atoms with van der Waals surface area (Å²) >= 11 is 3.80. The third kappa shape index (κ3) is 13.7. The number of aromatic nitrogens is 8. The molecule has 6 bridgehead atoms. The van der Waals surface area contributed by atoms with Gasteiger partial charge in [0.05, 0.1) is 33.4 Å². The fraction of sp³-hybridized carbons (Fsp3) is 0.343. The Balaban J connectivity index is 0.000000127. The summed E-state index contributed by atoms with van der Waals surface area (Å²) < 4.78 is 87.8. The highest BCUT2D eigenvalue weighted by molar-refractivity contribution is 14.1. The second kappa shape index (κ2) is 30.0. The lowest BCUT2D eigenvalue weighted by Crippen LogP contribution is -2.57. The summed E-state index contributed by atoms with van der Waals surface area (Å²) in [6.07, 6.45) is 5.42. The number of fused-ring (bicyclic) bond motifs is 18. The molecule has 9 fully saturated rings. The van der Waals surface area contributed by atoms with Crippen LogP contribution >= 0.6 is 45.0 Å². The Labute approximate surface area is 611 Å². The number of carbonyl (C=O) groups is 3. The first-order valence-electron chi connectivity index (χ1n) is 33.4. The third-order valence-electron chi connectivity index (χ3n) is 20.6. The van der Waals surface area contributed by atoms with Gasteiger partial charge in [-0.25, -0.2) is 40.7 Å². The molecule has 9 saturated heterocycles. The number of hydrogen-bond acceptors (Lipinski definition) is 17. The van der Waals surface area contributed by atoms with Gasteiger partial charge in [0.25, 0.3) is 28.8 Å². The van der Waals surface area contributed by atoms with Crippen molar-refractivity contribution in [1.82, 2.24) is 70.6 Å². The van der Waals surface area contributed by atoms with Crippen molar-refractivity contribution in [2.45, 2.75) is 68.9 Å². The molecule has 33 heteroatoms. The lowest BCUT2D eigenvalue weighted by Gasteiger charge is -2.44. The molecule has 0 aliphatic carbocycles. The molecule has 4 aromatic heterocycles. The van der Waals surface area contributed by atoms with E-state index < -0.39 is 58.3 Å². The van der Waals surface area contributed by atoms with Crippen molar-refractivity contribution in [3.63, 3.8) is 0 Å². The lowest BCUT2D eigenvalue weighted by atomic mass is 9.84. The van der Waals surface area contributed by atoms with Crippen LogP contribution in [0.3, 0.4) is 0 Å². The molecule has 103 heavy (non-hydrogen) atoms. The van der Waals surface area contributed by atoms with Gasteiger partial charge in [-0.05, 0) is 210 Å². The monoisotopic (exact) mass is 1630 g/mol. The Morgan fingerprint density at radius 1 is 0.476 bits per heavy atom. The summed E-state index contributed by atoms with van der Waals surface area (Å²) in [6.45, 7) is 9.25. The van der Waals surface area contributed by atoms with Crippen molar-refractivity contribution in [3.8, 4) is 11.4 Å². The van der Waals surface area contributed by atoms with Gasteiger partial charge < -0.3 is 35.8 Å². The number of nitrogens with one attached hydrogen (secondary N) is 5. The van der Waals surface area contributed by atoms with Crippen molar-refractivity contribution in [3.05, 3.63) is 187 Å². The highest BCUT2D eigenvalue weighted by Gasteiger charge is 2.44. The number of nitrogens with zero attached hydrogens (tertiary/aromatic N) is 13. The predicted molar refractivity (Wildman–Crippen MR) is 391 cm³/mol. The van der Waals surface area contributed by atoms with E-state index in [1.54, 1.807) is 95.2 Å². The molecule has 15 heterocycles. The van der Waals surface area contributed by atoms with Crippen molar-refractivity contribution >= 4 is 129 Å². The predicted octanol–water partition coefficient (Wildman–Crippen LogP) is 9.08. The summed E-state index contributed by atoms with van der Waals surface area (Å²) in [5.41, 5.74) is 5.43. The van der Waals surface area contributed by atoms with E-state index in [1.165, 1.54) is 14.4 Å². The first-order chi connectivity index (χ1) is 50.0. The topological polar surface area (TPSA) is 285 Å². The van der Waals surface area contributed by atoms with Crippen LogP contribution in [0.2, 0.25) is 0 Å². The van der Waals surface area contributed by atoms with Gasteiger partial charge in [0.2, 0.25) is 0 Å². The van der Waals surface area contributed by atoms with Gasteiger partial charge >= 0.3 is 0 Å². The van der Waals surface area contributed by atoms with Crippen LogP contribution in [0, 0.1) is 52.7 Å². The van der Waals surface area contributed by atoms with Crippen LogP contribution in [-0.2, 0) is 0 Å². The van der Waals surface area contributed by atoms with Gasteiger partial charge in [0, 0.05) is 54.5 Å². The molecule has 2 radical (unpaired) electrons. The molecule has 5 unspecified atom stereocenters. The molecule has 11 aliphatic heterocycles. The van der Waals surface area contributed by atoms with Crippen LogP contribution in [0.15, 0.2) is 134 Å². The van der Waals surface area contributed by atoms with E-state index in [0.29, 0.717) is 51.5 Å². The highest BCUT2D eigenvalue weighted by atomic mass is 127. The molecule has 0 spiro atoms. The molecular formula is C70H65BF6I2N18O6. The van der Waals surface area contributed by atoms with E-state index in [2.05, 4.69) is 105 Å². The Morgan fingerprint density at radius 3 is 1.18 bits per heavy atom. The molecule has 21 rings (SSSR count). The average Bonchev–Trinajstić information content (AvgIpc) is 1.60. The number of azo groups is 1. The number of rotatable bonds is 9. The maximum absolute atomic E-state index is 14.4. The minimum Gasteiger partial charge on any atom is -0.369 e. The minimum absolute atomic E-state index is 0.0613. The molecular weight excluding hydrogens is 1570 g/mol. The Morgan fingerprint density at radius 2 is 0.816 bits per heavy atom. The van der Waals surface area contributed by atoms with E-state index in [-0.39, 0.29) is 96.7 Å². The Hall–Kier alpha value is -9.04. The quantitative estimate of drug-likeness (QED) is 0.0340. The number of halogens is 8. The maximum Gasteiger partial charge on any atom is 0.299 e. The number of aliphatic hydroxyl groups is 1. The largest absolute Gasteiger partial charge is 0.369 e. The SMILES string of the molecule is CI.O=C(NC1CN2CCC1CC2)c1ccc(-n2[nH]c3c(nnc4c(F)ccc(F)c43)c2=O)cc1.O=C(NC1CN2CCC1CC2)c1ccc(-n2[nH]c3c(nnc4c(F)ccc(F)c43)c2=O)cc1.O=C(NC1CN2CCC1CC2)c1ccc(N2N=C3c4c(F)ccc(F)c4N=NC3C2O)cc1.[B]I. The summed E-state index contributed by atoms with van der Waals surface area (Å²) in [7, 11) is 0. The number of benzene rings is 6. The Kier molecular flexibility index (Phi) is 20.7. The molecule has 5 atom stereocenters. The fourth-order valence-electron chi connectivity index (χ4n) is 15.2. The molecule has 6 aromatic carbocycles. The summed E-state index contributed by atoms with van der Waals surface area (Å²) in [5, 5.41) is 53.8. The number of anilines is 1. The average molecular weight is 1630 g/mol. The standard InChI is InChI=1S/C23H22F2N6O2.2C23H20F2N6O2.CH3I.BI/c3*24-15-5-6-16(25)19-18(15)20-21(28-27-19)23(33)31(29-20)14-3-1-13(2-4-14)22(32)26-17-11-30-9-7-12(17)8-10-30;2*1-2/h1-6,12,17,21,23,33H,7-11H2,(H,26,32);2*1-6,12,17,29H,7-11H2,(H,26,32);1H3;. The number of hydrogen-bond donors (Lipinski definition) is 6. The first kappa shape index (κ1) is 71.0. The number of amides is 3. The molecule has 24 nitrogen and oxygen atoms in total. The van der Waals surface area contributed by atoms with E-state index in [9.17, 15) is 55.4 Å². The number of H-pyrrole nitrogens is 2. The molecule has 0 saturated carbocycles. The molecule has 10 aromatic rings. The van der Waals surface area contributed by atoms with E-state index in [1.807, 2.05) is 4.93 Å². The smallest absolute Gasteiger partial charge is 0.299 e. The number of piperidine rings is 9. The van der Waals surface area contributed by atoms with E-state index in [0.717, 1.165) is 134 Å². The van der Waals surface area contributed by atoms with Gasteiger partial charge in [-0.2, -0.15) is 37.7 Å². The van der Waals surface area contributed by atoms with Crippen LogP contribution in [0.1, 0.15) is 75.2 Å². The van der Waals surface area contributed by atoms with Crippen LogP contribution in [0.4, 0.5) is 37.7 Å². The van der Waals surface area contributed by atoms with Crippen LogP contribution in [0.25, 0.3) is 55.2 Å². The maximum atomic E-state index is 14.4. The van der Waals surface area contributed by atoms with Gasteiger partial charge in [-0.3, -0.25) is 34.2 Å². The number of carbonyl (C=O) groups excluding carboxylic acids is 3. The molecule has 530 valence electrons. The first-order valence-corrected chi connectivity index (χ1v) is 36.8. The summed E-state index contributed by atoms with van der Waals surface area (Å²) in [6, 6.07) is 25.1. The van der Waals surface area contributed by atoms with Crippen molar-refractivity contribution in [2.24, 2.45) is 33.1 Å². The molecule has 11 aliphatic rings. The zero-order valence-electron chi connectivity index (χ0n) is 55.0. The summed E-state index contributed by atoms with van der Waals surface area (Å²) in [4.78, 5) is 73.1. The zero-order valence-corrected chi connectivity index (χ0v) is 59.3. The van der Waals surface area contributed by atoms with Crippen molar-refractivity contribution in [2.75, 3.05) is 68.8 Å². The van der Waals surface area contributed by atoms with E-state index >= 15 is 0 Å². The van der Waals surface area contributed by atoms with Gasteiger partial charge in [0.15, 0.2) is 46.5 Å². The van der Waals surface area contributed by atoms with Crippen molar-refractivity contribution < 1.29 is 45.8 Å². The highest BCUT2D eigenvalue weighted by Crippen LogP contribution is 2.39. The second-order valence-corrected chi connectivity index (χ2v) is 26.3. The Bertz CT molecular complexity index is 4880. The minimum atomic E-state index is -1.23.